The van der Waals surface area contributed by atoms with Crippen LogP contribution in [-0.4, -0.2) is 36.0 Å². The van der Waals surface area contributed by atoms with Crippen molar-refractivity contribution in [3.05, 3.63) is 0 Å². The summed E-state index contributed by atoms with van der Waals surface area (Å²) in [6.45, 7) is 11.3. The van der Waals surface area contributed by atoms with Crippen molar-refractivity contribution in [2.24, 2.45) is 5.92 Å². The molecular weight excluding hydrogens is 205 g/mol. The molecule has 0 radical (unpaired) electrons. The lowest BCUT2D eigenvalue weighted by Gasteiger charge is -2.44. The molecule has 3 atom stereocenters. The maximum absolute atomic E-state index is 12.8. The van der Waals surface area contributed by atoms with Crippen LogP contribution in [0, 0.1) is 5.92 Å². The van der Waals surface area contributed by atoms with Crippen LogP contribution < -0.4 is 0 Å². The zero-order chi connectivity index (χ0) is 12.3. The summed E-state index contributed by atoms with van der Waals surface area (Å²) >= 11 is 0. The predicted molar refractivity (Wildman–Crippen MR) is 65.1 cm³/mol. The van der Waals surface area contributed by atoms with E-state index < -0.39 is 6.36 Å². The van der Waals surface area contributed by atoms with E-state index in [-0.39, 0.29) is 6.10 Å². The van der Waals surface area contributed by atoms with Crippen LogP contribution in [0.2, 0.25) is 0 Å². The Balaban J connectivity index is 2.58. The fraction of sp³-hybridized carbons (Fsp3) is 1.00. The summed E-state index contributed by atoms with van der Waals surface area (Å²) < 4.78 is 18.1. The number of hydrogen-bond acceptors (Lipinski definition) is 2. The van der Waals surface area contributed by atoms with Crippen molar-refractivity contribution in [2.45, 2.75) is 72.0 Å². The van der Waals surface area contributed by atoms with Crippen LogP contribution >= 0.6 is 0 Å². The van der Waals surface area contributed by atoms with Crippen molar-refractivity contribution >= 4 is 0 Å². The van der Waals surface area contributed by atoms with E-state index >= 15 is 0 Å². The first-order valence-electron chi connectivity index (χ1n) is 6.47. The highest BCUT2D eigenvalue weighted by atomic mass is 19.1. The van der Waals surface area contributed by atoms with Gasteiger partial charge in [-0.05, 0) is 39.5 Å². The van der Waals surface area contributed by atoms with Gasteiger partial charge in [-0.3, -0.25) is 4.90 Å². The van der Waals surface area contributed by atoms with Gasteiger partial charge >= 0.3 is 0 Å². The number of ether oxygens (including phenoxy) is 1. The van der Waals surface area contributed by atoms with Crippen LogP contribution in [0.1, 0.15) is 47.5 Å². The van der Waals surface area contributed by atoms with E-state index in [0.717, 1.165) is 19.4 Å². The van der Waals surface area contributed by atoms with Crippen LogP contribution in [0.25, 0.3) is 0 Å². The van der Waals surface area contributed by atoms with Crippen molar-refractivity contribution in [1.29, 1.82) is 0 Å². The van der Waals surface area contributed by atoms with Gasteiger partial charge in [-0.15, -0.1) is 0 Å². The number of likely N-dealkylation sites (tertiary alicyclic amines) is 1. The second-order valence-electron chi connectivity index (χ2n) is 5.48. The molecule has 0 aromatic rings. The van der Waals surface area contributed by atoms with Crippen molar-refractivity contribution in [1.82, 2.24) is 4.90 Å². The first-order valence-corrected chi connectivity index (χ1v) is 6.47. The summed E-state index contributed by atoms with van der Waals surface area (Å²) in [6, 6.07) is 1.13. The first kappa shape index (κ1) is 13.9. The van der Waals surface area contributed by atoms with E-state index in [1.165, 1.54) is 6.92 Å². The van der Waals surface area contributed by atoms with Crippen LogP contribution in [0.3, 0.4) is 0 Å². The minimum Gasteiger partial charge on any atom is -0.344 e. The first-order chi connectivity index (χ1) is 7.41. The molecule has 0 aromatic carbocycles. The van der Waals surface area contributed by atoms with E-state index in [2.05, 4.69) is 32.6 Å². The minimum atomic E-state index is -1.14. The van der Waals surface area contributed by atoms with Crippen molar-refractivity contribution in [3.8, 4) is 0 Å². The van der Waals surface area contributed by atoms with Gasteiger partial charge < -0.3 is 4.74 Å². The number of nitrogens with zero attached hydrogens (tertiary/aromatic N) is 1. The zero-order valence-corrected chi connectivity index (χ0v) is 11.2. The predicted octanol–water partition coefficient (Wildman–Crippen LogP) is 3.22. The normalized spacial score (nSPS) is 30.0. The Bertz CT molecular complexity index is 206. The minimum absolute atomic E-state index is 0.0670. The van der Waals surface area contributed by atoms with Crippen LogP contribution in [-0.2, 0) is 4.74 Å². The quantitative estimate of drug-likeness (QED) is 0.736. The average Bonchev–Trinajstić information content (AvgIpc) is 2.16. The molecule has 0 spiro atoms. The maximum atomic E-state index is 12.8. The van der Waals surface area contributed by atoms with Gasteiger partial charge in [0, 0.05) is 18.6 Å². The highest BCUT2D eigenvalue weighted by molar-refractivity contribution is 4.85. The third kappa shape index (κ3) is 3.70. The van der Waals surface area contributed by atoms with Crippen LogP contribution in [0.4, 0.5) is 4.39 Å². The highest BCUT2D eigenvalue weighted by Gasteiger charge is 2.32. The molecule has 3 unspecified atom stereocenters. The Morgan fingerprint density at radius 3 is 2.19 bits per heavy atom. The fourth-order valence-electron chi connectivity index (χ4n) is 2.67. The molecule has 16 heavy (non-hydrogen) atoms. The molecule has 0 aromatic heterocycles. The van der Waals surface area contributed by atoms with E-state index in [9.17, 15) is 4.39 Å². The summed E-state index contributed by atoms with van der Waals surface area (Å²) in [4.78, 5) is 2.46. The standard InChI is InChI=1S/C13H26FNO/c1-9(2)13-7-6-12(16-11(5)14)8-15(13)10(3)4/h9-13H,6-8H2,1-5H3. The summed E-state index contributed by atoms with van der Waals surface area (Å²) in [7, 11) is 0. The molecule has 0 amide bonds. The van der Waals surface area contributed by atoms with Gasteiger partial charge in [0.1, 0.15) is 0 Å². The molecular formula is C13H26FNO. The van der Waals surface area contributed by atoms with Gasteiger partial charge in [0.15, 0.2) is 6.36 Å². The lowest BCUT2D eigenvalue weighted by Crippen LogP contribution is -2.51. The number of hydrogen-bond donors (Lipinski definition) is 0. The molecule has 2 nitrogen and oxygen atoms in total. The second-order valence-corrected chi connectivity index (χ2v) is 5.48. The summed E-state index contributed by atoms with van der Waals surface area (Å²) in [5, 5.41) is 0. The molecule has 1 aliphatic heterocycles. The number of alkyl halides is 1. The van der Waals surface area contributed by atoms with Gasteiger partial charge in [-0.1, -0.05) is 13.8 Å². The molecule has 1 aliphatic rings. The van der Waals surface area contributed by atoms with Crippen molar-refractivity contribution in [3.63, 3.8) is 0 Å². The molecule has 0 saturated carbocycles. The zero-order valence-electron chi connectivity index (χ0n) is 11.2. The lowest BCUT2D eigenvalue weighted by atomic mass is 9.90. The van der Waals surface area contributed by atoms with Crippen LogP contribution in [0.15, 0.2) is 0 Å². The SMILES string of the molecule is CC(F)OC1CCC(C(C)C)N(C(C)C)C1. The molecule has 3 heteroatoms. The number of piperidine rings is 1. The maximum Gasteiger partial charge on any atom is 0.196 e. The van der Waals surface area contributed by atoms with E-state index in [0.29, 0.717) is 18.0 Å². The molecule has 0 bridgehead atoms. The molecule has 0 aliphatic carbocycles. The summed E-state index contributed by atoms with van der Waals surface area (Å²) in [5.41, 5.74) is 0. The lowest BCUT2D eigenvalue weighted by molar-refractivity contribution is -0.112. The smallest absolute Gasteiger partial charge is 0.196 e. The van der Waals surface area contributed by atoms with Gasteiger partial charge in [0.25, 0.3) is 0 Å². The topological polar surface area (TPSA) is 12.5 Å². The average molecular weight is 231 g/mol. The van der Waals surface area contributed by atoms with Crippen molar-refractivity contribution < 1.29 is 9.13 Å². The van der Waals surface area contributed by atoms with Gasteiger partial charge in [0.05, 0.1) is 6.10 Å². The third-order valence-electron chi connectivity index (χ3n) is 3.44. The number of rotatable bonds is 4. The Labute approximate surface area is 99.2 Å². The van der Waals surface area contributed by atoms with Gasteiger partial charge in [0.2, 0.25) is 0 Å². The van der Waals surface area contributed by atoms with Gasteiger partial charge in [-0.2, -0.15) is 0 Å². The number of halogens is 1. The largest absolute Gasteiger partial charge is 0.344 e. The third-order valence-corrected chi connectivity index (χ3v) is 3.44. The Kier molecular flexibility index (Phi) is 5.19. The Morgan fingerprint density at radius 1 is 1.12 bits per heavy atom. The molecule has 1 rings (SSSR count). The van der Waals surface area contributed by atoms with Crippen LogP contribution in [0.5, 0.6) is 0 Å². The molecule has 1 fully saturated rings. The highest BCUT2D eigenvalue weighted by Crippen LogP contribution is 2.27. The summed E-state index contributed by atoms with van der Waals surface area (Å²) in [6.07, 6.45) is 1.03. The molecule has 1 heterocycles. The molecule has 0 N–H and O–H groups in total. The van der Waals surface area contributed by atoms with E-state index in [4.69, 9.17) is 4.74 Å². The van der Waals surface area contributed by atoms with Crippen molar-refractivity contribution in [2.75, 3.05) is 6.54 Å². The monoisotopic (exact) mass is 231 g/mol. The summed E-state index contributed by atoms with van der Waals surface area (Å²) in [5.74, 6) is 0.658. The van der Waals surface area contributed by atoms with Gasteiger partial charge in [-0.25, -0.2) is 4.39 Å². The molecule has 1 saturated heterocycles. The van der Waals surface area contributed by atoms with E-state index in [1.807, 2.05) is 0 Å². The molecule has 96 valence electrons. The van der Waals surface area contributed by atoms with E-state index in [1.54, 1.807) is 0 Å². The fourth-order valence-corrected chi connectivity index (χ4v) is 2.67. The Morgan fingerprint density at radius 2 is 1.75 bits per heavy atom. The Hall–Kier alpha value is -0.150. The second kappa shape index (κ2) is 5.97.